The van der Waals surface area contributed by atoms with E-state index in [0.717, 1.165) is 0 Å². The van der Waals surface area contributed by atoms with Crippen LogP contribution in [0.2, 0.25) is 0 Å². The Morgan fingerprint density at radius 2 is 1.88 bits per heavy atom. The van der Waals surface area contributed by atoms with E-state index >= 15 is 0 Å². The molecule has 0 saturated carbocycles. The summed E-state index contributed by atoms with van der Waals surface area (Å²) in [4.78, 5) is 33.1. The van der Waals surface area contributed by atoms with Crippen LogP contribution in [0.5, 0.6) is 0 Å². The van der Waals surface area contributed by atoms with Crippen molar-refractivity contribution in [2.24, 2.45) is 5.73 Å². The summed E-state index contributed by atoms with van der Waals surface area (Å²) in [6.45, 7) is 3.24. The number of carbonyl (C=O) groups is 3. The van der Waals surface area contributed by atoms with Crippen LogP contribution in [0.1, 0.15) is 26.7 Å². The maximum atomic E-state index is 11.7. The molecule has 17 heavy (non-hydrogen) atoms. The smallest absolute Gasteiger partial charge is 0.326 e. The molecule has 5 N–H and O–H groups in total. The molecule has 7 heteroatoms. The number of carboxylic acids is 1. The maximum Gasteiger partial charge on any atom is 0.326 e. The van der Waals surface area contributed by atoms with Crippen LogP contribution in [0.4, 0.5) is 0 Å². The van der Waals surface area contributed by atoms with Gasteiger partial charge in [0.05, 0.1) is 5.54 Å². The van der Waals surface area contributed by atoms with Crippen LogP contribution in [0.3, 0.4) is 0 Å². The van der Waals surface area contributed by atoms with Crippen molar-refractivity contribution in [3.8, 4) is 0 Å². The molecule has 1 atom stereocenters. The van der Waals surface area contributed by atoms with Crippen LogP contribution >= 0.6 is 0 Å². The summed E-state index contributed by atoms with van der Waals surface area (Å²) in [5, 5.41) is 14.0. The third kappa shape index (κ3) is 5.30. The molecule has 0 aromatic carbocycles. The summed E-state index contributed by atoms with van der Waals surface area (Å²) in [5.41, 5.74) is 4.05. The van der Waals surface area contributed by atoms with Gasteiger partial charge in [0.15, 0.2) is 0 Å². The van der Waals surface area contributed by atoms with Gasteiger partial charge in [0.2, 0.25) is 11.8 Å². The van der Waals surface area contributed by atoms with Gasteiger partial charge >= 0.3 is 5.97 Å². The van der Waals surface area contributed by atoms with Gasteiger partial charge in [0.1, 0.15) is 6.04 Å². The highest BCUT2D eigenvalue weighted by atomic mass is 16.4. The fraction of sp³-hybridized carbons (Fsp3) is 0.700. The summed E-state index contributed by atoms with van der Waals surface area (Å²) in [6.07, 6.45) is -0.104. The van der Waals surface area contributed by atoms with Gasteiger partial charge in [-0.25, -0.2) is 4.79 Å². The maximum absolute atomic E-state index is 11.7. The number of nitrogens with two attached hydrogens (primary N) is 1. The van der Waals surface area contributed by atoms with Crippen molar-refractivity contribution < 1.29 is 19.5 Å². The van der Waals surface area contributed by atoms with Gasteiger partial charge in [-0.3, -0.25) is 9.59 Å². The number of likely N-dealkylation sites (N-methyl/N-ethyl adjacent to an activating group) is 1. The highest BCUT2D eigenvalue weighted by Crippen LogP contribution is 2.04. The van der Waals surface area contributed by atoms with Crippen molar-refractivity contribution in [3.63, 3.8) is 0 Å². The van der Waals surface area contributed by atoms with E-state index in [1.165, 1.54) is 0 Å². The Morgan fingerprint density at radius 1 is 1.35 bits per heavy atom. The Balaban J connectivity index is 4.50. The number of rotatable bonds is 7. The van der Waals surface area contributed by atoms with Crippen LogP contribution in [0, 0.1) is 0 Å². The fourth-order valence-electron chi connectivity index (χ4n) is 0.996. The summed E-state index contributed by atoms with van der Waals surface area (Å²) in [5.74, 6) is -2.23. The van der Waals surface area contributed by atoms with Gasteiger partial charge in [-0.1, -0.05) is 0 Å². The molecule has 0 bridgehead atoms. The number of hydrogen-bond acceptors (Lipinski definition) is 4. The van der Waals surface area contributed by atoms with Crippen molar-refractivity contribution in [2.75, 3.05) is 7.05 Å². The standard InChI is InChI=1S/C10H19N3O4/c1-10(2,12-3)9(17)13-6(8(15)16)4-5-7(11)14/h6,12H,4-5H2,1-3H3,(H2,11,14)(H,13,17)(H,15,16)/t6-/m0/s1. The normalized spacial score (nSPS) is 12.9. The van der Waals surface area contributed by atoms with Crippen molar-refractivity contribution in [1.29, 1.82) is 0 Å². The molecule has 0 aliphatic carbocycles. The van der Waals surface area contributed by atoms with Gasteiger partial charge in [-0.05, 0) is 27.3 Å². The molecule has 0 aromatic rings. The first-order chi connectivity index (χ1) is 7.70. The minimum atomic E-state index is -1.19. The van der Waals surface area contributed by atoms with E-state index in [4.69, 9.17) is 10.8 Å². The quantitative estimate of drug-likeness (QED) is 0.450. The van der Waals surface area contributed by atoms with Gasteiger partial charge < -0.3 is 21.5 Å². The van der Waals surface area contributed by atoms with Crippen LogP contribution in [-0.4, -0.2) is 41.5 Å². The monoisotopic (exact) mass is 245 g/mol. The Bertz CT molecular complexity index is 315. The number of amides is 2. The van der Waals surface area contributed by atoms with E-state index in [-0.39, 0.29) is 12.8 Å². The third-order valence-corrected chi connectivity index (χ3v) is 2.48. The second-order valence-corrected chi connectivity index (χ2v) is 4.24. The lowest BCUT2D eigenvalue weighted by molar-refractivity contribution is -0.143. The third-order valence-electron chi connectivity index (χ3n) is 2.48. The molecule has 0 aliphatic rings. The minimum Gasteiger partial charge on any atom is -0.480 e. The van der Waals surface area contributed by atoms with Gasteiger partial charge in [0, 0.05) is 6.42 Å². The lowest BCUT2D eigenvalue weighted by Gasteiger charge is -2.25. The van der Waals surface area contributed by atoms with E-state index < -0.39 is 29.4 Å². The number of carbonyl (C=O) groups excluding carboxylic acids is 2. The van der Waals surface area contributed by atoms with Crippen molar-refractivity contribution >= 4 is 17.8 Å². The summed E-state index contributed by atoms with van der Waals surface area (Å²) in [6, 6.07) is -1.11. The molecule has 0 rings (SSSR count). The summed E-state index contributed by atoms with van der Waals surface area (Å²) < 4.78 is 0. The average molecular weight is 245 g/mol. The van der Waals surface area contributed by atoms with Gasteiger partial charge in [-0.2, -0.15) is 0 Å². The van der Waals surface area contributed by atoms with Gasteiger partial charge in [0.25, 0.3) is 0 Å². The van der Waals surface area contributed by atoms with E-state index in [0.29, 0.717) is 0 Å². The van der Waals surface area contributed by atoms with Crippen LogP contribution in [0.15, 0.2) is 0 Å². The van der Waals surface area contributed by atoms with Crippen molar-refractivity contribution in [2.45, 2.75) is 38.3 Å². The molecule has 0 saturated heterocycles. The van der Waals surface area contributed by atoms with Crippen molar-refractivity contribution in [3.05, 3.63) is 0 Å². The average Bonchev–Trinajstić information content (AvgIpc) is 2.22. The first-order valence-corrected chi connectivity index (χ1v) is 5.21. The van der Waals surface area contributed by atoms with E-state index in [1.807, 2.05) is 0 Å². The predicted octanol–water partition coefficient (Wildman–Crippen LogP) is -1.18. The second-order valence-electron chi connectivity index (χ2n) is 4.24. The van der Waals surface area contributed by atoms with E-state index in [9.17, 15) is 14.4 Å². The first kappa shape index (κ1) is 15.4. The topological polar surface area (TPSA) is 122 Å². The lowest BCUT2D eigenvalue weighted by atomic mass is 10.0. The predicted molar refractivity (Wildman–Crippen MR) is 61.1 cm³/mol. The Labute approximate surface area is 99.7 Å². The summed E-state index contributed by atoms with van der Waals surface area (Å²) >= 11 is 0. The molecular formula is C10H19N3O4. The molecular weight excluding hydrogens is 226 g/mol. The van der Waals surface area contributed by atoms with E-state index in [2.05, 4.69) is 10.6 Å². The Morgan fingerprint density at radius 3 is 2.24 bits per heavy atom. The summed E-state index contributed by atoms with van der Waals surface area (Å²) in [7, 11) is 1.60. The molecule has 0 heterocycles. The molecule has 0 aromatic heterocycles. The number of aliphatic carboxylic acids is 1. The zero-order chi connectivity index (χ0) is 13.6. The SMILES string of the molecule is CNC(C)(C)C(=O)N[C@@H](CCC(N)=O)C(=O)O. The number of hydrogen-bond donors (Lipinski definition) is 4. The highest BCUT2D eigenvalue weighted by molar-refractivity contribution is 5.89. The van der Waals surface area contributed by atoms with Crippen molar-refractivity contribution in [1.82, 2.24) is 10.6 Å². The fourth-order valence-corrected chi connectivity index (χ4v) is 0.996. The zero-order valence-corrected chi connectivity index (χ0v) is 10.2. The second kappa shape index (κ2) is 6.19. The molecule has 98 valence electrons. The largest absolute Gasteiger partial charge is 0.480 e. The highest BCUT2D eigenvalue weighted by Gasteiger charge is 2.29. The van der Waals surface area contributed by atoms with E-state index in [1.54, 1.807) is 20.9 Å². The molecule has 0 aliphatic heterocycles. The van der Waals surface area contributed by atoms with Crippen LogP contribution in [-0.2, 0) is 14.4 Å². The zero-order valence-electron chi connectivity index (χ0n) is 10.2. The molecule has 0 radical (unpaired) electrons. The van der Waals surface area contributed by atoms with Crippen LogP contribution < -0.4 is 16.4 Å². The molecule has 0 spiro atoms. The molecule has 7 nitrogen and oxygen atoms in total. The Hall–Kier alpha value is -1.63. The molecule has 0 fully saturated rings. The Kier molecular flexibility index (Phi) is 5.60. The molecule has 2 amide bonds. The number of carboxylic acid groups (broad SMARTS) is 1. The molecule has 0 unspecified atom stereocenters. The minimum absolute atomic E-state index is 0.0177. The first-order valence-electron chi connectivity index (χ1n) is 5.21. The van der Waals surface area contributed by atoms with Gasteiger partial charge in [-0.15, -0.1) is 0 Å². The lowest BCUT2D eigenvalue weighted by Crippen LogP contribution is -2.55. The van der Waals surface area contributed by atoms with Crippen LogP contribution in [0.25, 0.3) is 0 Å². The number of nitrogens with one attached hydrogen (secondary N) is 2. The number of primary amides is 1.